The Bertz CT molecular complexity index is 247. The Balaban J connectivity index is 2.67. The Hall–Kier alpha value is -0.650. The molecule has 1 saturated carbocycles. The molecule has 0 bridgehead atoms. The Labute approximate surface area is 103 Å². The van der Waals surface area contributed by atoms with E-state index in [0.717, 1.165) is 19.3 Å². The Morgan fingerprint density at radius 1 is 1.41 bits per heavy atom. The van der Waals surface area contributed by atoms with Crippen LogP contribution in [-0.2, 0) is 19.0 Å². The summed E-state index contributed by atoms with van der Waals surface area (Å²) in [7, 11) is 4.76. The van der Waals surface area contributed by atoms with Crippen molar-refractivity contribution in [2.45, 2.75) is 37.3 Å². The van der Waals surface area contributed by atoms with Crippen molar-refractivity contribution in [1.29, 1.82) is 0 Å². The normalized spacial score (nSPS) is 29.0. The van der Waals surface area contributed by atoms with Crippen LogP contribution in [0.4, 0.5) is 0 Å². The second kappa shape index (κ2) is 6.93. The van der Waals surface area contributed by atoms with E-state index >= 15 is 0 Å². The highest BCUT2D eigenvalue weighted by atomic mass is 16.5. The van der Waals surface area contributed by atoms with Crippen molar-refractivity contribution in [3.63, 3.8) is 0 Å². The maximum absolute atomic E-state index is 12.0. The topological polar surface area (TPSA) is 56.8 Å². The lowest BCUT2D eigenvalue weighted by molar-refractivity contribution is -0.152. The van der Waals surface area contributed by atoms with Crippen LogP contribution < -0.4 is 5.32 Å². The number of carbonyl (C=O) groups is 1. The van der Waals surface area contributed by atoms with Crippen molar-refractivity contribution in [1.82, 2.24) is 5.32 Å². The predicted octanol–water partition coefficient (Wildman–Crippen LogP) is 0.723. The van der Waals surface area contributed by atoms with E-state index < -0.39 is 5.54 Å². The van der Waals surface area contributed by atoms with Gasteiger partial charge in [0.2, 0.25) is 0 Å². The van der Waals surface area contributed by atoms with Gasteiger partial charge in [-0.2, -0.15) is 0 Å². The largest absolute Gasteiger partial charge is 0.468 e. The zero-order valence-electron chi connectivity index (χ0n) is 11.0. The molecule has 1 rings (SSSR count). The molecule has 0 aromatic carbocycles. The van der Waals surface area contributed by atoms with Crippen LogP contribution in [0, 0.1) is 0 Å². The number of methoxy groups -OCH3 is 3. The third-order valence-corrected chi connectivity index (χ3v) is 3.38. The number of carbonyl (C=O) groups excluding carboxylic acids is 1. The highest BCUT2D eigenvalue weighted by molar-refractivity contribution is 5.81. The van der Waals surface area contributed by atoms with Gasteiger partial charge in [-0.25, -0.2) is 0 Å². The molecule has 0 aliphatic heterocycles. The minimum Gasteiger partial charge on any atom is -0.468 e. The first-order valence-corrected chi connectivity index (χ1v) is 6.03. The SMILES string of the molecule is COCCNC1(C(=O)OC)CCCC(OC)C1. The number of hydrogen-bond acceptors (Lipinski definition) is 5. The molecule has 17 heavy (non-hydrogen) atoms. The molecule has 1 aliphatic rings. The van der Waals surface area contributed by atoms with Gasteiger partial charge >= 0.3 is 5.97 Å². The molecule has 0 heterocycles. The maximum atomic E-state index is 12.0. The first kappa shape index (κ1) is 14.4. The molecule has 0 saturated heterocycles. The van der Waals surface area contributed by atoms with Crippen LogP contribution in [0.1, 0.15) is 25.7 Å². The van der Waals surface area contributed by atoms with Crippen molar-refractivity contribution in [3.8, 4) is 0 Å². The first-order chi connectivity index (χ1) is 8.18. The summed E-state index contributed by atoms with van der Waals surface area (Å²) >= 11 is 0. The monoisotopic (exact) mass is 245 g/mol. The Kier molecular flexibility index (Phi) is 5.88. The number of esters is 1. The smallest absolute Gasteiger partial charge is 0.326 e. The number of hydrogen-bond donors (Lipinski definition) is 1. The summed E-state index contributed by atoms with van der Waals surface area (Å²) in [5.74, 6) is -0.199. The molecule has 0 aromatic rings. The van der Waals surface area contributed by atoms with E-state index in [2.05, 4.69) is 5.32 Å². The summed E-state index contributed by atoms with van der Waals surface area (Å²) in [5, 5.41) is 3.27. The summed E-state index contributed by atoms with van der Waals surface area (Å²) in [6.45, 7) is 1.22. The highest BCUT2D eigenvalue weighted by Gasteiger charge is 2.43. The molecule has 0 amide bonds. The zero-order valence-corrected chi connectivity index (χ0v) is 11.0. The number of rotatable bonds is 6. The predicted molar refractivity (Wildman–Crippen MR) is 63.9 cm³/mol. The van der Waals surface area contributed by atoms with Crippen LogP contribution in [0.25, 0.3) is 0 Å². The average Bonchev–Trinajstić information content (AvgIpc) is 2.38. The standard InChI is InChI=1S/C12H23NO4/c1-15-8-7-13-12(11(14)17-3)6-4-5-10(9-12)16-2/h10,13H,4-9H2,1-3H3. The molecule has 100 valence electrons. The molecule has 0 spiro atoms. The lowest BCUT2D eigenvalue weighted by atomic mass is 9.80. The Morgan fingerprint density at radius 2 is 2.18 bits per heavy atom. The molecular formula is C12H23NO4. The van der Waals surface area contributed by atoms with Crippen LogP contribution in [0.15, 0.2) is 0 Å². The van der Waals surface area contributed by atoms with Crippen LogP contribution in [0.2, 0.25) is 0 Å². The summed E-state index contributed by atoms with van der Waals surface area (Å²) in [4.78, 5) is 12.0. The average molecular weight is 245 g/mol. The van der Waals surface area contributed by atoms with E-state index in [0.29, 0.717) is 19.6 Å². The molecule has 1 N–H and O–H groups in total. The minimum absolute atomic E-state index is 0.123. The fourth-order valence-electron chi connectivity index (χ4n) is 2.43. The van der Waals surface area contributed by atoms with Gasteiger partial charge in [0.1, 0.15) is 5.54 Å². The summed E-state index contributed by atoms with van der Waals surface area (Å²) in [5.41, 5.74) is -0.605. The van der Waals surface area contributed by atoms with Gasteiger partial charge in [-0.15, -0.1) is 0 Å². The molecule has 5 nitrogen and oxygen atoms in total. The van der Waals surface area contributed by atoms with Crippen molar-refractivity contribution in [3.05, 3.63) is 0 Å². The van der Waals surface area contributed by atoms with Crippen LogP contribution in [0.5, 0.6) is 0 Å². The van der Waals surface area contributed by atoms with E-state index in [4.69, 9.17) is 14.2 Å². The van der Waals surface area contributed by atoms with Gasteiger partial charge in [0.05, 0.1) is 19.8 Å². The summed E-state index contributed by atoms with van der Waals surface area (Å²) < 4.78 is 15.3. The second-order valence-corrected chi connectivity index (χ2v) is 4.45. The van der Waals surface area contributed by atoms with Crippen molar-refractivity contribution >= 4 is 5.97 Å². The van der Waals surface area contributed by atoms with Gasteiger partial charge in [0.25, 0.3) is 0 Å². The lowest BCUT2D eigenvalue weighted by Gasteiger charge is -2.38. The van der Waals surface area contributed by atoms with Crippen molar-refractivity contribution < 1.29 is 19.0 Å². The third kappa shape index (κ3) is 3.66. The maximum Gasteiger partial charge on any atom is 0.326 e. The van der Waals surface area contributed by atoms with Crippen LogP contribution in [0.3, 0.4) is 0 Å². The fourth-order valence-corrected chi connectivity index (χ4v) is 2.43. The molecule has 2 unspecified atom stereocenters. The van der Waals surface area contributed by atoms with Gasteiger partial charge in [-0.05, 0) is 19.3 Å². The molecular weight excluding hydrogens is 222 g/mol. The summed E-state index contributed by atoms with van der Waals surface area (Å²) in [6, 6.07) is 0. The van der Waals surface area contributed by atoms with E-state index in [1.807, 2.05) is 0 Å². The van der Waals surface area contributed by atoms with Gasteiger partial charge in [-0.1, -0.05) is 0 Å². The van der Waals surface area contributed by atoms with Gasteiger partial charge in [0.15, 0.2) is 0 Å². The number of nitrogens with one attached hydrogen (secondary N) is 1. The minimum atomic E-state index is -0.605. The molecule has 5 heteroatoms. The Morgan fingerprint density at radius 3 is 2.76 bits per heavy atom. The van der Waals surface area contributed by atoms with E-state index in [1.54, 1.807) is 14.2 Å². The van der Waals surface area contributed by atoms with Gasteiger partial charge < -0.3 is 14.2 Å². The molecule has 1 fully saturated rings. The van der Waals surface area contributed by atoms with Crippen LogP contribution >= 0.6 is 0 Å². The number of ether oxygens (including phenoxy) is 3. The van der Waals surface area contributed by atoms with Crippen molar-refractivity contribution in [2.24, 2.45) is 0 Å². The fraction of sp³-hybridized carbons (Fsp3) is 0.917. The van der Waals surface area contributed by atoms with Crippen LogP contribution in [-0.4, -0.2) is 52.1 Å². The van der Waals surface area contributed by atoms with E-state index in [-0.39, 0.29) is 12.1 Å². The van der Waals surface area contributed by atoms with Crippen molar-refractivity contribution in [2.75, 3.05) is 34.5 Å². The zero-order chi connectivity index (χ0) is 12.7. The molecule has 2 atom stereocenters. The molecule has 0 radical (unpaired) electrons. The highest BCUT2D eigenvalue weighted by Crippen LogP contribution is 2.31. The lowest BCUT2D eigenvalue weighted by Crippen LogP contribution is -2.57. The van der Waals surface area contributed by atoms with E-state index in [1.165, 1.54) is 7.11 Å². The second-order valence-electron chi connectivity index (χ2n) is 4.45. The van der Waals surface area contributed by atoms with Gasteiger partial charge in [0, 0.05) is 27.2 Å². The quantitative estimate of drug-likeness (QED) is 0.552. The van der Waals surface area contributed by atoms with Gasteiger partial charge in [-0.3, -0.25) is 10.1 Å². The molecule has 0 aromatic heterocycles. The van der Waals surface area contributed by atoms with E-state index in [9.17, 15) is 4.79 Å². The third-order valence-electron chi connectivity index (χ3n) is 3.38. The first-order valence-electron chi connectivity index (χ1n) is 6.03. The molecule has 1 aliphatic carbocycles. The summed E-state index contributed by atoms with van der Waals surface area (Å²) in [6.07, 6.45) is 3.55.